The molecular weight excluding hydrogens is 364 g/mol. The van der Waals surface area contributed by atoms with E-state index in [4.69, 9.17) is 4.74 Å². The van der Waals surface area contributed by atoms with Gasteiger partial charge in [0.15, 0.2) is 0 Å². The summed E-state index contributed by atoms with van der Waals surface area (Å²) in [5.41, 5.74) is 0.0277. The van der Waals surface area contributed by atoms with Crippen molar-refractivity contribution in [1.29, 1.82) is 0 Å². The van der Waals surface area contributed by atoms with Crippen LogP contribution in [-0.4, -0.2) is 41.5 Å². The number of rotatable bonds is 6. The highest BCUT2D eigenvalue weighted by molar-refractivity contribution is 6.06. The number of pyridine rings is 1. The first-order chi connectivity index (χ1) is 13.5. The molecule has 9 heteroatoms. The number of amides is 1. The first kappa shape index (κ1) is 19.3. The Morgan fingerprint density at radius 3 is 2.54 bits per heavy atom. The maximum atomic E-state index is 12.5. The maximum Gasteiger partial charge on any atom is 0.338 e. The van der Waals surface area contributed by atoms with Gasteiger partial charge in [0, 0.05) is 30.8 Å². The van der Waals surface area contributed by atoms with Gasteiger partial charge in [-0.05, 0) is 38.0 Å². The molecule has 0 bridgehead atoms. The number of ether oxygens (including phenoxy) is 1. The standard InChI is InChI=1S/C19H20N4O5/c1-2-28-19(25)14-9-13(10-16(11-14)23(26)27)18(24)21-15-5-6-17(20-12-15)22-7-3-4-8-22/h5-6,9-12H,2-4,7-8H2,1H3,(H,21,24). The van der Waals surface area contributed by atoms with Gasteiger partial charge in [-0.15, -0.1) is 0 Å². The first-order valence-electron chi connectivity index (χ1n) is 8.97. The van der Waals surface area contributed by atoms with Crippen LogP contribution < -0.4 is 10.2 Å². The van der Waals surface area contributed by atoms with Gasteiger partial charge in [0.25, 0.3) is 11.6 Å². The summed E-state index contributed by atoms with van der Waals surface area (Å²) in [5, 5.41) is 13.8. The molecule has 1 saturated heterocycles. The van der Waals surface area contributed by atoms with Crippen LogP contribution in [0.1, 0.15) is 40.5 Å². The topological polar surface area (TPSA) is 115 Å². The van der Waals surface area contributed by atoms with E-state index in [-0.39, 0.29) is 23.4 Å². The SMILES string of the molecule is CCOC(=O)c1cc(C(=O)Nc2ccc(N3CCCC3)nc2)cc([N+](=O)[O-])c1. The Morgan fingerprint density at radius 1 is 1.21 bits per heavy atom. The number of aromatic nitrogens is 1. The third-order valence-corrected chi connectivity index (χ3v) is 4.34. The molecule has 2 heterocycles. The van der Waals surface area contributed by atoms with Crippen LogP contribution in [0, 0.1) is 10.1 Å². The van der Waals surface area contributed by atoms with Crippen molar-refractivity contribution in [2.24, 2.45) is 0 Å². The number of benzene rings is 1. The third-order valence-electron chi connectivity index (χ3n) is 4.34. The van der Waals surface area contributed by atoms with Crippen molar-refractivity contribution in [3.63, 3.8) is 0 Å². The van der Waals surface area contributed by atoms with E-state index in [0.29, 0.717) is 5.69 Å². The fourth-order valence-electron chi connectivity index (χ4n) is 2.98. The summed E-state index contributed by atoms with van der Waals surface area (Å²) in [5.74, 6) is -0.461. The van der Waals surface area contributed by atoms with Gasteiger partial charge in [-0.2, -0.15) is 0 Å². The van der Waals surface area contributed by atoms with Crippen molar-refractivity contribution in [1.82, 2.24) is 4.98 Å². The van der Waals surface area contributed by atoms with Crippen molar-refractivity contribution in [3.8, 4) is 0 Å². The number of hydrogen-bond acceptors (Lipinski definition) is 7. The molecule has 0 atom stereocenters. The molecule has 0 radical (unpaired) electrons. The van der Waals surface area contributed by atoms with Gasteiger partial charge in [-0.25, -0.2) is 9.78 Å². The quantitative estimate of drug-likeness (QED) is 0.462. The number of hydrogen-bond donors (Lipinski definition) is 1. The fourth-order valence-corrected chi connectivity index (χ4v) is 2.98. The molecule has 1 aromatic heterocycles. The Hall–Kier alpha value is -3.49. The lowest BCUT2D eigenvalue weighted by atomic mass is 10.1. The minimum Gasteiger partial charge on any atom is -0.462 e. The summed E-state index contributed by atoms with van der Waals surface area (Å²) < 4.78 is 4.87. The monoisotopic (exact) mass is 384 g/mol. The molecule has 1 aromatic carbocycles. The third kappa shape index (κ3) is 4.43. The van der Waals surface area contributed by atoms with Gasteiger partial charge >= 0.3 is 5.97 Å². The number of esters is 1. The van der Waals surface area contributed by atoms with Crippen LogP contribution in [0.25, 0.3) is 0 Å². The van der Waals surface area contributed by atoms with Gasteiger partial charge in [0.2, 0.25) is 0 Å². The molecular formula is C19H20N4O5. The summed E-state index contributed by atoms with van der Waals surface area (Å²) in [7, 11) is 0. The molecule has 1 N–H and O–H groups in total. The van der Waals surface area contributed by atoms with E-state index in [1.165, 1.54) is 12.3 Å². The zero-order chi connectivity index (χ0) is 20.1. The molecule has 0 unspecified atom stereocenters. The lowest BCUT2D eigenvalue weighted by Crippen LogP contribution is -2.19. The van der Waals surface area contributed by atoms with Crippen LogP contribution in [-0.2, 0) is 4.74 Å². The second kappa shape index (κ2) is 8.47. The number of nitrogens with one attached hydrogen (secondary N) is 1. The van der Waals surface area contributed by atoms with Crippen molar-refractivity contribution >= 4 is 29.1 Å². The van der Waals surface area contributed by atoms with Gasteiger partial charge in [-0.3, -0.25) is 14.9 Å². The average Bonchev–Trinajstić information content (AvgIpc) is 3.23. The van der Waals surface area contributed by atoms with E-state index in [2.05, 4.69) is 15.2 Å². The summed E-state index contributed by atoms with van der Waals surface area (Å²) in [6.45, 7) is 3.67. The number of non-ortho nitro benzene ring substituents is 1. The zero-order valence-corrected chi connectivity index (χ0v) is 15.4. The Kier molecular flexibility index (Phi) is 5.83. The van der Waals surface area contributed by atoms with Crippen LogP contribution >= 0.6 is 0 Å². The molecule has 1 fully saturated rings. The number of anilines is 2. The second-order valence-corrected chi connectivity index (χ2v) is 6.30. The van der Waals surface area contributed by atoms with Crippen LogP contribution in [0.15, 0.2) is 36.5 Å². The number of carbonyl (C=O) groups excluding carboxylic acids is 2. The van der Waals surface area contributed by atoms with Crippen molar-refractivity contribution in [2.45, 2.75) is 19.8 Å². The smallest absolute Gasteiger partial charge is 0.338 e. The van der Waals surface area contributed by atoms with E-state index >= 15 is 0 Å². The summed E-state index contributed by atoms with van der Waals surface area (Å²) in [6, 6.07) is 7.01. The van der Waals surface area contributed by atoms with Gasteiger partial charge in [0.05, 0.1) is 29.0 Å². The van der Waals surface area contributed by atoms with Crippen LogP contribution in [0.2, 0.25) is 0 Å². The Morgan fingerprint density at radius 2 is 1.93 bits per heavy atom. The lowest BCUT2D eigenvalue weighted by Gasteiger charge is -2.16. The maximum absolute atomic E-state index is 12.5. The van der Waals surface area contributed by atoms with Crippen molar-refractivity contribution in [2.75, 3.05) is 29.9 Å². The molecule has 9 nitrogen and oxygen atoms in total. The van der Waals surface area contributed by atoms with Crippen LogP contribution in [0.3, 0.4) is 0 Å². The molecule has 2 aromatic rings. The van der Waals surface area contributed by atoms with E-state index in [9.17, 15) is 19.7 Å². The summed E-state index contributed by atoms with van der Waals surface area (Å²) >= 11 is 0. The minimum absolute atomic E-state index is 0.0131. The van der Waals surface area contributed by atoms with E-state index in [1.807, 2.05) is 6.07 Å². The van der Waals surface area contributed by atoms with Gasteiger partial charge < -0.3 is 15.0 Å². The van der Waals surface area contributed by atoms with Crippen LogP contribution in [0.4, 0.5) is 17.2 Å². The van der Waals surface area contributed by atoms with E-state index in [0.717, 1.165) is 43.9 Å². The van der Waals surface area contributed by atoms with Gasteiger partial charge in [-0.1, -0.05) is 0 Å². The summed E-state index contributed by atoms with van der Waals surface area (Å²) in [4.78, 5) is 41.5. The van der Waals surface area contributed by atoms with Crippen LogP contribution in [0.5, 0.6) is 0 Å². The Balaban J connectivity index is 1.79. The minimum atomic E-state index is -0.725. The first-order valence-corrected chi connectivity index (χ1v) is 8.97. The predicted molar refractivity (Wildman–Crippen MR) is 103 cm³/mol. The predicted octanol–water partition coefficient (Wildman–Crippen LogP) is 3.02. The highest BCUT2D eigenvalue weighted by atomic mass is 16.6. The molecule has 3 rings (SSSR count). The van der Waals surface area contributed by atoms with E-state index < -0.39 is 16.8 Å². The lowest BCUT2D eigenvalue weighted by molar-refractivity contribution is -0.384. The largest absolute Gasteiger partial charge is 0.462 e. The molecule has 1 aliphatic rings. The summed E-state index contributed by atoms with van der Waals surface area (Å²) in [6.07, 6.45) is 3.81. The fraction of sp³-hybridized carbons (Fsp3) is 0.316. The van der Waals surface area contributed by atoms with Crippen molar-refractivity contribution in [3.05, 3.63) is 57.8 Å². The molecule has 0 spiro atoms. The highest BCUT2D eigenvalue weighted by Crippen LogP contribution is 2.21. The number of carbonyl (C=O) groups is 2. The Bertz CT molecular complexity index is 892. The number of nitro groups is 1. The molecule has 146 valence electrons. The molecule has 1 amide bonds. The highest BCUT2D eigenvalue weighted by Gasteiger charge is 2.19. The van der Waals surface area contributed by atoms with E-state index in [1.54, 1.807) is 13.0 Å². The molecule has 28 heavy (non-hydrogen) atoms. The number of nitro benzene ring substituents is 1. The molecule has 0 aliphatic carbocycles. The Labute approximate surface area is 161 Å². The normalized spacial score (nSPS) is 13.2. The second-order valence-electron chi connectivity index (χ2n) is 6.30. The molecule has 0 saturated carbocycles. The van der Waals surface area contributed by atoms with Crippen molar-refractivity contribution < 1.29 is 19.2 Å². The zero-order valence-electron chi connectivity index (χ0n) is 15.4. The molecule has 1 aliphatic heterocycles. The average molecular weight is 384 g/mol. The van der Waals surface area contributed by atoms with Gasteiger partial charge in [0.1, 0.15) is 5.82 Å². The number of nitrogens with zero attached hydrogens (tertiary/aromatic N) is 3.